The van der Waals surface area contributed by atoms with E-state index in [0.717, 1.165) is 23.6 Å². The monoisotopic (exact) mass is 354 g/mol. The van der Waals surface area contributed by atoms with Gasteiger partial charge in [-0.25, -0.2) is 0 Å². The summed E-state index contributed by atoms with van der Waals surface area (Å²) in [7, 11) is 0. The smallest absolute Gasteiger partial charge is 0.229 e. The number of rotatable bonds is 6. The van der Waals surface area contributed by atoms with Crippen LogP contribution < -0.4 is 5.32 Å². The average Bonchev–Trinajstić information content (AvgIpc) is 3.20. The number of aryl methyl sites for hydroxylation is 1. The number of likely N-dealkylation sites (tertiary alicyclic amines) is 1. The molecule has 0 aliphatic carbocycles. The summed E-state index contributed by atoms with van der Waals surface area (Å²) in [5.74, 6) is -0.108. The Bertz CT molecular complexity index is 774. The lowest BCUT2D eigenvalue weighted by atomic mass is 10.1. The van der Waals surface area contributed by atoms with Crippen molar-refractivity contribution >= 4 is 11.6 Å². The van der Waals surface area contributed by atoms with Gasteiger partial charge >= 0.3 is 0 Å². The highest BCUT2D eigenvalue weighted by molar-refractivity contribution is 5.92. The molecule has 1 saturated heterocycles. The van der Waals surface area contributed by atoms with Crippen LogP contribution in [0.4, 0.5) is 5.69 Å². The fraction of sp³-hybridized carbons (Fsp3) is 0.524. The molecule has 0 saturated carbocycles. The average molecular weight is 354 g/mol. The number of benzene rings is 1. The normalized spacial score (nSPS) is 16.0. The van der Waals surface area contributed by atoms with E-state index in [1.807, 2.05) is 30.7 Å². The Morgan fingerprint density at radius 2 is 1.96 bits per heavy atom. The summed E-state index contributed by atoms with van der Waals surface area (Å²) in [5.41, 5.74) is 5.50. The van der Waals surface area contributed by atoms with E-state index in [2.05, 4.69) is 41.3 Å². The van der Waals surface area contributed by atoms with E-state index >= 15 is 0 Å². The van der Waals surface area contributed by atoms with Crippen LogP contribution in [0.25, 0.3) is 0 Å². The van der Waals surface area contributed by atoms with Crippen LogP contribution >= 0.6 is 0 Å². The Balaban J connectivity index is 1.60. The quantitative estimate of drug-likeness (QED) is 0.861. The van der Waals surface area contributed by atoms with Crippen molar-refractivity contribution in [2.45, 2.75) is 53.6 Å². The lowest BCUT2D eigenvalue weighted by Gasteiger charge is -2.16. The van der Waals surface area contributed by atoms with Gasteiger partial charge in [0, 0.05) is 17.9 Å². The van der Waals surface area contributed by atoms with Crippen molar-refractivity contribution in [3.8, 4) is 0 Å². The largest absolute Gasteiger partial charge is 0.326 e. The van der Waals surface area contributed by atoms with Gasteiger partial charge in [0.25, 0.3) is 0 Å². The van der Waals surface area contributed by atoms with Crippen molar-refractivity contribution in [2.24, 2.45) is 5.92 Å². The first kappa shape index (κ1) is 18.6. The highest BCUT2D eigenvalue weighted by atomic mass is 16.1. The summed E-state index contributed by atoms with van der Waals surface area (Å²) in [6, 6.07) is 8.22. The van der Waals surface area contributed by atoms with Crippen LogP contribution in [-0.2, 0) is 17.9 Å². The van der Waals surface area contributed by atoms with Gasteiger partial charge in [-0.1, -0.05) is 19.1 Å². The van der Waals surface area contributed by atoms with Crippen molar-refractivity contribution in [3.05, 3.63) is 46.8 Å². The standard InChI is InChI=1S/C21H30N4O/c1-15(13-25-18(4)16(2)17(3)23-25)21(26)22-20-9-7-8-19(12-20)14-24-10-5-6-11-24/h7-9,12,15H,5-6,10-11,13-14H2,1-4H3,(H,22,26). The molecule has 5 heteroatoms. The van der Waals surface area contributed by atoms with E-state index in [4.69, 9.17) is 0 Å². The summed E-state index contributed by atoms with van der Waals surface area (Å²) in [4.78, 5) is 15.1. The maximum atomic E-state index is 12.6. The number of anilines is 1. The highest BCUT2D eigenvalue weighted by Gasteiger charge is 2.17. The number of amides is 1. The van der Waals surface area contributed by atoms with E-state index in [9.17, 15) is 4.79 Å². The molecule has 140 valence electrons. The Labute approximate surface area is 156 Å². The molecule has 0 radical (unpaired) electrons. The first-order valence-electron chi connectivity index (χ1n) is 9.57. The minimum atomic E-state index is -0.144. The molecule has 1 N–H and O–H groups in total. The predicted molar refractivity (Wildman–Crippen MR) is 105 cm³/mol. The summed E-state index contributed by atoms with van der Waals surface area (Å²) < 4.78 is 1.94. The molecule has 0 spiro atoms. The zero-order valence-corrected chi connectivity index (χ0v) is 16.4. The van der Waals surface area contributed by atoms with Crippen LogP contribution in [0.1, 0.15) is 42.3 Å². The van der Waals surface area contributed by atoms with Crippen molar-refractivity contribution in [3.63, 3.8) is 0 Å². The summed E-state index contributed by atoms with van der Waals surface area (Å²) in [5, 5.41) is 7.61. The molecule has 1 aromatic carbocycles. The zero-order chi connectivity index (χ0) is 18.7. The molecule has 2 aromatic rings. The van der Waals surface area contributed by atoms with Crippen molar-refractivity contribution in [1.82, 2.24) is 14.7 Å². The molecule has 5 nitrogen and oxygen atoms in total. The molecule has 1 aliphatic heterocycles. The molecule has 1 amide bonds. The first-order chi connectivity index (χ1) is 12.4. The van der Waals surface area contributed by atoms with Gasteiger partial charge in [-0.05, 0) is 70.0 Å². The second-order valence-corrected chi connectivity index (χ2v) is 7.55. The molecule has 1 unspecified atom stereocenters. The van der Waals surface area contributed by atoms with Gasteiger partial charge in [0.15, 0.2) is 0 Å². The molecule has 26 heavy (non-hydrogen) atoms. The number of nitrogens with one attached hydrogen (secondary N) is 1. The van der Waals surface area contributed by atoms with Gasteiger partial charge in [-0.2, -0.15) is 5.10 Å². The minimum Gasteiger partial charge on any atom is -0.326 e. The third kappa shape index (κ3) is 4.33. The molecule has 3 rings (SSSR count). The Morgan fingerprint density at radius 1 is 1.23 bits per heavy atom. The second kappa shape index (κ2) is 8.04. The molecule has 1 aromatic heterocycles. The maximum Gasteiger partial charge on any atom is 0.229 e. The molecule has 0 bridgehead atoms. The third-order valence-corrected chi connectivity index (χ3v) is 5.44. The molecular formula is C21H30N4O. The Kier molecular flexibility index (Phi) is 5.77. The fourth-order valence-corrected chi connectivity index (χ4v) is 3.52. The topological polar surface area (TPSA) is 50.2 Å². The van der Waals surface area contributed by atoms with Crippen molar-refractivity contribution in [2.75, 3.05) is 18.4 Å². The van der Waals surface area contributed by atoms with Crippen LogP contribution in [-0.4, -0.2) is 33.7 Å². The number of nitrogens with zero attached hydrogens (tertiary/aromatic N) is 3. The first-order valence-corrected chi connectivity index (χ1v) is 9.57. The third-order valence-electron chi connectivity index (χ3n) is 5.44. The van der Waals surface area contributed by atoms with Crippen molar-refractivity contribution < 1.29 is 4.79 Å². The lowest BCUT2D eigenvalue weighted by molar-refractivity contribution is -0.119. The molecule has 1 atom stereocenters. The maximum absolute atomic E-state index is 12.6. The lowest BCUT2D eigenvalue weighted by Crippen LogP contribution is -2.25. The summed E-state index contributed by atoms with van der Waals surface area (Å²) in [6.45, 7) is 12.0. The van der Waals surface area contributed by atoms with Gasteiger partial charge in [-0.15, -0.1) is 0 Å². The van der Waals surface area contributed by atoms with Gasteiger partial charge in [0.2, 0.25) is 5.91 Å². The number of hydrogen-bond donors (Lipinski definition) is 1. The van der Waals surface area contributed by atoms with Crippen LogP contribution in [0.3, 0.4) is 0 Å². The van der Waals surface area contributed by atoms with E-state index < -0.39 is 0 Å². The van der Waals surface area contributed by atoms with Crippen molar-refractivity contribution in [1.29, 1.82) is 0 Å². The van der Waals surface area contributed by atoms with E-state index in [1.165, 1.54) is 37.1 Å². The fourth-order valence-electron chi connectivity index (χ4n) is 3.52. The van der Waals surface area contributed by atoms with E-state index in [1.54, 1.807) is 0 Å². The van der Waals surface area contributed by atoms with E-state index in [-0.39, 0.29) is 11.8 Å². The zero-order valence-electron chi connectivity index (χ0n) is 16.4. The number of carbonyl (C=O) groups excluding carboxylic acids is 1. The highest BCUT2D eigenvalue weighted by Crippen LogP contribution is 2.18. The number of hydrogen-bond acceptors (Lipinski definition) is 3. The van der Waals surface area contributed by atoms with Gasteiger partial charge < -0.3 is 5.32 Å². The summed E-state index contributed by atoms with van der Waals surface area (Å²) in [6.07, 6.45) is 2.58. The second-order valence-electron chi connectivity index (χ2n) is 7.55. The Morgan fingerprint density at radius 3 is 2.62 bits per heavy atom. The van der Waals surface area contributed by atoms with Gasteiger partial charge in [-0.3, -0.25) is 14.4 Å². The molecule has 1 fully saturated rings. The van der Waals surface area contributed by atoms with E-state index in [0.29, 0.717) is 6.54 Å². The minimum absolute atomic E-state index is 0.0357. The predicted octanol–water partition coefficient (Wildman–Crippen LogP) is 3.68. The Hall–Kier alpha value is -2.14. The molecule has 1 aliphatic rings. The number of carbonyl (C=O) groups is 1. The van der Waals surface area contributed by atoms with Crippen LogP contribution in [0.2, 0.25) is 0 Å². The SMILES string of the molecule is Cc1nn(CC(C)C(=O)Nc2cccc(CN3CCCC3)c2)c(C)c1C. The molecular weight excluding hydrogens is 324 g/mol. The summed E-state index contributed by atoms with van der Waals surface area (Å²) >= 11 is 0. The molecule has 2 heterocycles. The van der Waals surface area contributed by atoms with Gasteiger partial charge in [0.05, 0.1) is 18.2 Å². The van der Waals surface area contributed by atoms with Crippen LogP contribution in [0.15, 0.2) is 24.3 Å². The van der Waals surface area contributed by atoms with Gasteiger partial charge in [0.1, 0.15) is 0 Å². The van der Waals surface area contributed by atoms with Crippen LogP contribution in [0.5, 0.6) is 0 Å². The number of aromatic nitrogens is 2. The van der Waals surface area contributed by atoms with Crippen LogP contribution in [0, 0.1) is 26.7 Å².